The van der Waals surface area contributed by atoms with E-state index in [2.05, 4.69) is 41.2 Å². The van der Waals surface area contributed by atoms with Crippen molar-refractivity contribution in [3.63, 3.8) is 0 Å². The maximum absolute atomic E-state index is 11.9. The van der Waals surface area contributed by atoms with E-state index >= 15 is 0 Å². The summed E-state index contributed by atoms with van der Waals surface area (Å²) in [6, 6.07) is 10.8. The molecule has 1 aliphatic carbocycles. The highest BCUT2D eigenvalue weighted by molar-refractivity contribution is 5.84. The minimum atomic E-state index is -0.0443. The Hall–Kier alpha value is -2.29. The summed E-state index contributed by atoms with van der Waals surface area (Å²) in [5.74, 6) is 0. The number of aromatic nitrogens is 2. The Labute approximate surface area is 123 Å². The van der Waals surface area contributed by atoms with Crippen molar-refractivity contribution in [2.45, 2.75) is 31.6 Å². The zero-order valence-electron chi connectivity index (χ0n) is 12.1. The topological polar surface area (TPSA) is 48.6 Å². The molecule has 1 aromatic carbocycles. The van der Waals surface area contributed by atoms with Crippen molar-refractivity contribution < 1.29 is 0 Å². The summed E-state index contributed by atoms with van der Waals surface area (Å²) in [4.78, 5) is 17.8. The number of aromatic amines is 2. The largest absolute Gasteiger partial charge is 0.356 e. The summed E-state index contributed by atoms with van der Waals surface area (Å²) in [7, 11) is 0. The van der Waals surface area contributed by atoms with Gasteiger partial charge in [-0.1, -0.05) is 36.2 Å². The molecule has 0 aliphatic heterocycles. The summed E-state index contributed by atoms with van der Waals surface area (Å²) in [6.45, 7) is 2.11. The smallest absolute Gasteiger partial charge is 0.272 e. The first-order valence-corrected chi connectivity index (χ1v) is 7.47. The molecular formula is C18H18N2O. The lowest BCUT2D eigenvalue weighted by Crippen LogP contribution is -2.35. The van der Waals surface area contributed by atoms with Crippen LogP contribution in [0.1, 0.15) is 36.0 Å². The van der Waals surface area contributed by atoms with E-state index in [0.717, 1.165) is 18.2 Å². The highest BCUT2D eigenvalue weighted by atomic mass is 16.1. The van der Waals surface area contributed by atoms with Crippen molar-refractivity contribution in [1.29, 1.82) is 0 Å². The fraction of sp³-hybridized carbons (Fsp3) is 0.278. The number of pyridine rings is 1. The molecule has 0 spiro atoms. The van der Waals surface area contributed by atoms with Crippen LogP contribution < -0.4 is 5.56 Å². The second-order valence-corrected chi connectivity index (χ2v) is 6.10. The van der Waals surface area contributed by atoms with Crippen LogP contribution in [-0.2, 0) is 5.41 Å². The van der Waals surface area contributed by atoms with Gasteiger partial charge in [-0.3, -0.25) is 4.79 Å². The van der Waals surface area contributed by atoms with Crippen LogP contribution in [0.4, 0.5) is 0 Å². The molecule has 3 nitrogen and oxygen atoms in total. The predicted octanol–water partition coefficient (Wildman–Crippen LogP) is 3.63. The van der Waals surface area contributed by atoms with Gasteiger partial charge in [0, 0.05) is 23.2 Å². The van der Waals surface area contributed by atoms with Gasteiger partial charge in [-0.2, -0.15) is 0 Å². The molecule has 0 radical (unpaired) electrons. The number of hydrogen-bond donors (Lipinski definition) is 2. The molecule has 2 N–H and O–H groups in total. The summed E-state index contributed by atoms with van der Waals surface area (Å²) in [5.41, 5.74) is 4.62. The third kappa shape index (κ3) is 1.70. The molecule has 0 saturated heterocycles. The van der Waals surface area contributed by atoms with Crippen LogP contribution in [0.2, 0.25) is 0 Å². The lowest BCUT2D eigenvalue weighted by Gasteiger charge is -2.42. The Morgan fingerprint density at radius 3 is 2.48 bits per heavy atom. The Bertz CT molecular complexity index is 851. The van der Waals surface area contributed by atoms with Gasteiger partial charge < -0.3 is 9.97 Å². The van der Waals surface area contributed by atoms with E-state index in [4.69, 9.17) is 0 Å². The van der Waals surface area contributed by atoms with Gasteiger partial charge in [-0.15, -0.1) is 0 Å². The van der Waals surface area contributed by atoms with E-state index in [1.807, 2.05) is 12.3 Å². The number of rotatable bonds is 2. The quantitative estimate of drug-likeness (QED) is 0.738. The zero-order chi connectivity index (χ0) is 14.4. The molecule has 3 aromatic rings. The van der Waals surface area contributed by atoms with Crippen LogP contribution in [0.5, 0.6) is 0 Å². The van der Waals surface area contributed by atoms with Gasteiger partial charge in [0.25, 0.3) is 5.56 Å². The monoisotopic (exact) mass is 278 g/mol. The van der Waals surface area contributed by atoms with Gasteiger partial charge in [0.05, 0.1) is 0 Å². The zero-order valence-corrected chi connectivity index (χ0v) is 12.1. The predicted molar refractivity (Wildman–Crippen MR) is 84.7 cm³/mol. The normalized spacial score (nSPS) is 16.8. The first-order valence-electron chi connectivity index (χ1n) is 7.47. The third-order valence-electron chi connectivity index (χ3n) is 4.94. The van der Waals surface area contributed by atoms with Gasteiger partial charge in [0.2, 0.25) is 0 Å². The molecule has 2 heterocycles. The fourth-order valence-corrected chi connectivity index (χ4v) is 3.58. The average molecular weight is 278 g/mol. The summed E-state index contributed by atoms with van der Waals surface area (Å²) in [5, 5.41) is 1.05. The van der Waals surface area contributed by atoms with Crippen LogP contribution in [0.25, 0.3) is 10.9 Å². The van der Waals surface area contributed by atoms with E-state index in [9.17, 15) is 4.79 Å². The van der Waals surface area contributed by atoms with E-state index in [1.54, 1.807) is 6.20 Å². The molecule has 106 valence electrons. The number of aryl methyl sites for hydroxylation is 1. The molecule has 0 unspecified atom stereocenters. The fourth-order valence-electron chi connectivity index (χ4n) is 3.58. The maximum atomic E-state index is 11.9. The van der Waals surface area contributed by atoms with E-state index in [0.29, 0.717) is 5.52 Å². The Balaban J connectivity index is 1.94. The van der Waals surface area contributed by atoms with Crippen LogP contribution in [0, 0.1) is 6.92 Å². The van der Waals surface area contributed by atoms with Crippen molar-refractivity contribution >= 4 is 10.9 Å². The molecule has 0 atom stereocenters. The number of hydrogen-bond acceptors (Lipinski definition) is 1. The molecule has 1 aliphatic rings. The molecular weight excluding hydrogens is 260 g/mol. The lowest BCUT2D eigenvalue weighted by atomic mass is 9.60. The molecule has 21 heavy (non-hydrogen) atoms. The summed E-state index contributed by atoms with van der Waals surface area (Å²) in [6.07, 6.45) is 7.30. The number of fused-ring (bicyclic) bond motifs is 1. The minimum absolute atomic E-state index is 0.0443. The Morgan fingerprint density at radius 2 is 1.81 bits per heavy atom. The highest BCUT2D eigenvalue weighted by Crippen LogP contribution is 2.50. The van der Waals surface area contributed by atoms with Crippen molar-refractivity contribution in [3.05, 3.63) is 69.8 Å². The van der Waals surface area contributed by atoms with Crippen molar-refractivity contribution in [2.75, 3.05) is 0 Å². The first-order chi connectivity index (χ1) is 10.2. The Kier molecular flexibility index (Phi) is 2.58. The van der Waals surface area contributed by atoms with E-state index in [-0.39, 0.29) is 11.0 Å². The number of nitrogens with one attached hydrogen (secondary N) is 2. The molecule has 2 aromatic heterocycles. The third-order valence-corrected chi connectivity index (χ3v) is 4.94. The highest BCUT2D eigenvalue weighted by Gasteiger charge is 2.41. The lowest BCUT2D eigenvalue weighted by molar-refractivity contribution is 0.304. The van der Waals surface area contributed by atoms with Crippen LogP contribution >= 0.6 is 0 Å². The molecule has 3 heteroatoms. The summed E-state index contributed by atoms with van der Waals surface area (Å²) >= 11 is 0. The molecule has 1 fully saturated rings. The van der Waals surface area contributed by atoms with E-state index in [1.165, 1.54) is 23.1 Å². The molecule has 1 saturated carbocycles. The van der Waals surface area contributed by atoms with Gasteiger partial charge >= 0.3 is 0 Å². The van der Waals surface area contributed by atoms with Crippen molar-refractivity contribution in [3.8, 4) is 0 Å². The minimum Gasteiger partial charge on any atom is -0.356 e. The van der Waals surface area contributed by atoms with Crippen LogP contribution in [0.15, 0.2) is 47.5 Å². The second kappa shape index (κ2) is 4.35. The van der Waals surface area contributed by atoms with Gasteiger partial charge in [-0.25, -0.2) is 0 Å². The van der Waals surface area contributed by atoms with Gasteiger partial charge in [0.1, 0.15) is 5.52 Å². The molecule has 0 amide bonds. The van der Waals surface area contributed by atoms with Gasteiger partial charge in [-0.05, 0) is 37.0 Å². The number of H-pyrrole nitrogens is 2. The van der Waals surface area contributed by atoms with Gasteiger partial charge in [0.15, 0.2) is 0 Å². The van der Waals surface area contributed by atoms with Crippen LogP contribution in [-0.4, -0.2) is 9.97 Å². The van der Waals surface area contributed by atoms with E-state index < -0.39 is 0 Å². The standard InChI is InChI=1S/C18H18N2O/c1-12-3-5-13(6-4-12)18(8-2-9-18)15-11-20-16-14(15)7-10-19-17(16)21/h3-7,10-11,20H,2,8-9H2,1H3,(H,19,21). The first kappa shape index (κ1) is 12.5. The second-order valence-electron chi connectivity index (χ2n) is 6.10. The van der Waals surface area contributed by atoms with Crippen molar-refractivity contribution in [2.24, 2.45) is 0 Å². The summed E-state index contributed by atoms with van der Waals surface area (Å²) < 4.78 is 0. The van der Waals surface area contributed by atoms with Crippen molar-refractivity contribution in [1.82, 2.24) is 9.97 Å². The number of benzene rings is 1. The molecule has 0 bridgehead atoms. The average Bonchev–Trinajstić information content (AvgIpc) is 2.86. The SMILES string of the molecule is Cc1ccc(C2(c3c[nH]c4c(=O)[nH]ccc34)CCC2)cc1. The molecule has 4 rings (SSSR count). The maximum Gasteiger partial charge on any atom is 0.272 e. The van der Waals surface area contributed by atoms with Crippen LogP contribution in [0.3, 0.4) is 0 Å². The Morgan fingerprint density at radius 1 is 1.05 bits per heavy atom.